The van der Waals surface area contributed by atoms with Crippen molar-refractivity contribution in [1.82, 2.24) is 9.97 Å². The summed E-state index contributed by atoms with van der Waals surface area (Å²) in [6.07, 6.45) is 0. The SMILES string of the molecule is CNc1cc(C)nc(CSCc2ccccc2C)n1. The number of aryl methyl sites for hydroxylation is 2. The lowest BCUT2D eigenvalue weighted by molar-refractivity contribution is 0.996. The topological polar surface area (TPSA) is 37.8 Å². The van der Waals surface area contributed by atoms with Gasteiger partial charge in [0.25, 0.3) is 0 Å². The number of rotatable bonds is 5. The first-order valence-corrected chi connectivity index (χ1v) is 7.49. The molecule has 100 valence electrons. The van der Waals surface area contributed by atoms with E-state index in [1.54, 1.807) is 0 Å². The van der Waals surface area contributed by atoms with Gasteiger partial charge in [0.1, 0.15) is 11.6 Å². The van der Waals surface area contributed by atoms with E-state index in [2.05, 4.69) is 46.5 Å². The van der Waals surface area contributed by atoms with Crippen molar-refractivity contribution in [2.45, 2.75) is 25.4 Å². The molecule has 0 aliphatic carbocycles. The van der Waals surface area contributed by atoms with Crippen LogP contribution in [-0.4, -0.2) is 17.0 Å². The van der Waals surface area contributed by atoms with Crippen molar-refractivity contribution in [2.24, 2.45) is 0 Å². The molecule has 0 bridgehead atoms. The lowest BCUT2D eigenvalue weighted by Crippen LogP contribution is -2.00. The number of hydrogen-bond donors (Lipinski definition) is 1. The lowest BCUT2D eigenvalue weighted by atomic mass is 10.1. The van der Waals surface area contributed by atoms with Crippen LogP contribution < -0.4 is 5.32 Å². The molecule has 0 atom stereocenters. The fourth-order valence-electron chi connectivity index (χ4n) is 1.85. The standard InChI is InChI=1S/C15H19N3S/c1-11-6-4-5-7-13(11)9-19-10-15-17-12(2)8-14(16-3)18-15/h4-8H,9-10H2,1-3H3,(H,16,17,18). The van der Waals surface area contributed by atoms with Crippen LogP contribution in [0, 0.1) is 13.8 Å². The summed E-state index contributed by atoms with van der Waals surface area (Å²) in [5.41, 5.74) is 3.73. The predicted octanol–water partition coefficient (Wildman–Crippen LogP) is 3.57. The molecule has 0 aliphatic rings. The average molecular weight is 273 g/mol. The number of nitrogens with zero attached hydrogens (tertiary/aromatic N) is 2. The van der Waals surface area contributed by atoms with Crippen LogP contribution in [-0.2, 0) is 11.5 Å². The van der Waals surface area contributed by atoms with Gasteiger partial charge >= 0.3 is 0 Å². The number of benzene rings is 1. The number of anilines is 1. The summed E-state index contributed by atoms with van der Waals surface area (Å²) in [5, 5.41) is 3.07. The lowest BCUT2D eigenvalue weighted by Gasteiger charge is -2.07. The molecule has 0 unspecified atom stereocenters. The van der Waals surface area contributed by atoms with Crippen molar-refractivity contribution in [3.05, 3.63) is 53.0 Å². The highest BCUT2D eigenvalue weighted by Crippen LogP contribution is 2.19. The molecular weight excluding hydrogens is 254 g/mol. The fraction of sp³-hybridized carbons (Fsp3) is 0.333. The smallest absolute Gasteiger partial charge is 0.140 e. The summed E-state index contributed by atoms with van der Waals surface area (Å²) < 4.78 is 0. The summed E-state index contributed by atoms with van der Waals surface area (Å²) in [7, 11) is 1.88. The molecule has 1 heterocycles. The van der Waals surface area contributed by atoms with E-state index in [0.717, 1.165) is 28.8 Å². The second kappa shape index (κ2) is 6.57. The van der Waals surface area contributed by atoms with Crippen LogP contribution in [0.3, 0.4) is 0 Å². The maximum atomic E-state index is 4.46. The third kappa shape index (κ3) is 3.96. The second-order valence-corrected chi connectivity index (χ2v) is 5.47. The van der Waals surface area contributed by atoms with Gasteiger partial charge in [-0.3, -0.25) is 0 Å². The normalized spacial score (nSPS) is 10.5. The van der Waals surface area contributed by atoms with E-state index < -0.39 is 0 Å². The molecule has 0 radical (unpaired) electrons. The van der Waals surface area contributed by atoms with Gasteiger partial charge in [-0.15, -0.1) is 11.8 Å². The van der Waals surface area contributed by atoms with Gasteiger partial charge in [0.05, 0.1) is 5.75 Å². The van der Waals surface area contributed by atoms with E-state index in [4.69, 9.17) is 0 Å². The first-order valence-electron chi connectivity index (χ1n) is 6.33. The Hall–Kier alpha value is -1.55. The third-order valence-electron chi connectivity index (χ3n) is 2.91. The zero-order valence-electron chi connectivity index (χ0n) is 11.6. The van der Waals surface area contributed by atoms with E-state index in [-0.39, 0.29) is 0 Å². The summed E-state index contributed by atoms with van der Waals surface area (Å²) in [6.45, 7) is 4.15. The Morgan fingerprint density at radius 2 is 1.89 bits per heavy atom. The molecule has 3 nitrogen and oxygen atoms in total. The zero-order chi connectivity index (χ0) is 13.7. The van der Waals surface area contributed by atoms with Crippen LogP contribution in [0.4, 0.5) is 5.82 Å². The van der Waals surface area contributed by atoms with Gasteiger partial charge in [0, 0.05) is 24.6 Å². The summed E-state index contributed by atoms with van der Waals surface area (Å²) in [4.78, 5) is 8.93. The van der Waals surface area contributed by atoms with Gasteiger partial charge in [-0.2, -0.15) is 0 Å². The van der Waals surface area contributed by atoms with Crippen LogP contribution in [0.25, 0.3) is 0 Å². The molecule has 1 aromatic carbocycles. The van der Waals surface area contributed by atoms with Crippen LogP contribution in [0.1, 0.15) is 22.6 Å². The minimum absolute atomic E-state index is 0.838. The van der Waals surface area contributed by atoms with Crippen molar-refractivity contribution in [3.63, 3.8) is 0 Å². The summed E-state index contributed by atoms with van der Waals surface area (Å²) >= 11 is 1.85. The fourth-order valence-corrected chi connectivity index (χ4v) is 2.80. The Kier molecular flexibility index (Phi) is 4.80. The van der Waals surface area contributed by atoms with E-state index >= 15 is 0 Å². The molecule has 0 saturated carbocycles. The molecule has 0 fully saturated rings. The number of thioether (sulfide) groups is 1. The van der Waals surface area contributed by atoms with E-state index in [1.165, 1.54) is 11.1 Å². The predicted molar refractivity (Wildman–Crippen MR) is 82.5 cm³/mol. The van der Waals surface area contributed by atoms with Crippen molar-refractivity contribution >= 4 is 17.6 Å². The van der Waals surface area contributed by atoms with Gasteiger partial charge in [-0.05, 0) is 25.0 Å². The molecule has 2 rings (SSSR count). The number of hydrogen-bond acceptors (Lipinski definition) is 4. The van der Waals surface area contributed by atoms with Crippen LogP contribution >= 0.6 is 11.8 Å². The number of nitrogens with one attached hydrogen (secondary N) is 1. The Labute approximate surface area is 118 Å². The quantitative estimate of drug-likeness (QED) is 0.903. The second-order valence-electron chi connectivity index (χ2n) is 4.48. The molecular formula is C15H19N3S. The molecule has 19 heavy (non-hydrogen) atoms. The first-order chi connectivity index (χ1) is 9.19. The molecule has 0 saturated heterocycles. The Balaban J connectivity index is 1.96. The van der Waals surface area contributed by atoms with E-state index in [0.29, 0.717) is 0 Å². The van der Waals surface area contributed by atoms with Crippen molar-refractivity contribution < 1.29 is 0 Å². The Morgan fingerprint density at radius 3 is 2.63 bits per heavy atom. The molecule has 0 amide bonds. The maximum Gasteiger partial charge on any atom is 0.140 e. The number of aromatic nitrogens is 2. The highest BCUT2D eigenvalue weighted by atomic mass is 32.2. The Bertz CT molecular complexity index is 555. The van der Waals surface area contributed by atoms with Crippen molar-refractivity contribution in [2.75, 3.05) is 12.4 Å². The molecule has 1 N–H and O–H groups in total. The van der Waals surface area contributed by atoms with Crippen LogP contribution in [0.2, 0.25) is 0 Å². The van der Waals surface area contributed by atoms with Gasteiger partial charge in [0.15, 0.2) is 0 Å². The largest absolute Gasteiger partial charge is 0.373 e. The molecule has 2 aromatic rings. The van der Waals surface area contributed by atoms with Gasteiger partial charge in [-0.1, -0.05) is 24.3 Å². The molecule has 4 heteroatoms. The monoisotopic (exact) mass is 273 g/mol. The highest BCUT2D eigenvalue weighted by Gasteiger charge is 2.03. The third-order valence-corrected chi connectivity index (χ3v) is 3.88. The minimum Gasteiger partial charge on any atom is -0.373 e. The van der Waals surface area contributed by atoms with Crippen molar-refractivity contribution in [3.8, 4) is 0 Å². The summed E-state index contributed by atoms with van der Waals surface area (Å²) in [6, 6.07) is 10.4. The Morgan fingerprint density at radius 1 is 1.11 bits per heavy atom. The molecule has 0 spiro atoms. The molecule has 1 aromatic heterocycles. The van der Waals surface area contributed by atoms with E-state index in [1.807, 2.05) is 31.8 Å². The van der Waals surface area contributed by atoms with Gasteiger partial charge in [-0.25, -0.2) is 9.97 Å². The van der Waals surface area contributed by atoms with Gasteiger partial charge < -0.3 is 5.32 Å². The summed E-state index contributed by atoms with van der Waals surface area (Å²) in [5.74, 6) is 3.62. The maximum absolute atomic E-state index is 4.46. The van der Waals surface area contributed by atoms with Crippen LogP contribution in [0.15, 0.2) is 30.3 Å². The zero-order valence-corrected chi connectivity index (χ0v) is 12.4. The minimum atomic E-state index is 0.838. The molecule has 0 aliphatic heterocycles. The van der Waals surface area contributed by atoms with E-state index in [9.17, 15) is 0 Å². The average Bonchev–Trinajstić information content (AvgIpc) is 2.40. The van der Waals surface area contributed by atoms with Gasteiger partial charge in [0.2, 0.25) is 0 Å². The van der Waals surface area contributed by atoms with Crippen LogP contribution in [0.5, 0.6) is 0 Å². The highest BCUT2D eigenvalue weighted by molar-refractivity contribution is 7.97. The van der Waals surface area contributed by atoms with Crippen molar-refractivity contribution in [1.29, 1.82) is 0 Å². The first kappa shape index (κ1) is 13.9.